The van der Waals surface area contributed by atoms with Gasteiger partial charge in [0.15, 0.2) is 0 Å². The van der Waals surface area contributed by atoms with Gasteiger partial charge in [0.05, 0.1) is 18.8 Å². The number of amides is 1. The minimum atomic E-state index is -0.416. The fraction of sp³-hybridized carbons (Fsp3) is 0.923. The van der Waals surface area contributed by atoms with E-state index in [1.54, 1.807) is 0 Å². The van der Waals surface area contributed by atoms with E-state index in [9.17, 15) is 4.79 Å². The zero-order valence-corrected chi connectivity index (χ0v) is 11.8. The number of carbonyl (C=O) groups excluding carboxylic acids is 1. The molecule has 106 valence electrons. The molecule has 1 aliphatic heterocycles. The lowest BCUT2D eigenvalue weighted by Crippen LogP contribution is -2.51. The molecule has 18 heavy (non-hydrogen) atoms. The summed E-state index contributed by atoms with van der Waals surface area (Å²) in [5.41, 5.74) is 5.88. The predicted octanol–water partition coefficient (Wildman–Crippen LogP) is 0.197. The molecule has 1 saturated heterocycles. The number of ether oxygens (including phenoxy) is 1. The third kappa shape index (κ3) is 4.55. The molecule has 0 radical (unpaired) electrons. The van der Waals surface area contributed by atoms with Gasteiger partial charge in [-0.25, -0.2) is 0 Å². The molecule has 1 aliphatic rings. The van der Waals surface area contributed by atoms with Gasteiger partial charge < -0.3 is 15.8 Å². The largest absolute Gasteiger partial charge is 0.374 e. The maximum Gasteiger partial charge on any atom is 0.237 e. The maximum absolute atomic E-state index is 11.8. The van der Waals surface area contributed by atoms with Crippen LogP contribution >= 0.6 is 0 Å². The Bertz CT molecular complexity index is 261. The lowest BCUT2D eigenvalue weighted by Gasteiger charge is -2.32. The van der Waals surface area contributed by atoms with Crippen LogP contribution in [0.2, 0.25) is 0 Å². The van der Waals surface area contributed by atoms with Crippen LogP contribution in [0.15, 0.2) is 0 Å². The number of hydrogen-bond donors (Lipinski definition) is 2. The van der Waals surface area contributed by atoms with Gasteiger partial charge >= 0.3 is 0 Å². The number of nitrogens with one attached hydrogen (secondary N) is 1. The highest BCUT2D eigenvalue weighted by Crippen LogP contribution is 2.06. The Hall–Kier alpha value is -0.650. The molecule has 1 heterocycles. The fourth-order valence-electron chi connectivity index (χ4n) is 2.04. The standard InChI is InChI=1S/C13H27N3O2/c1-4-10(3)12(14)13(17)15-8-11-9-16(5-2)6-7-18-11/h10-12H,4-9,14H2,1-3H3,(H,15,17)/t10-,11?,12-/m0/s1. The number of rotatable bonds is 6. The number of nitrogens with zero attached hydrogens (tertiary/aromatic N) is 1. The molecule has 0 aromatic heterocycles. The number of carbonyl (C=O) groups is 1. The van der Waals surface area contributed by atoms with Crippen molar-refractivity contribution >= 4 is 5.91 Å². The van der Waals surface area contributed by atoms with Crippen molar-refractivity contribution < 1.29 is 9.53 Å². The topological polar surface area (TPSA) is 67.6 Å². The Labute approximate surface area is 110 Å². The Morgan fingerprint density at radius 3 is 2.89 bits per heavy atom. The first-order valence-electron chi connectivity index (χ1n) is 6.95. The summed E-state index contributed by atoms with van der Waals surface area (Å²) in [4.78, 5) is 14.2. The lowest BCUT2D eigenvalue weighted by atomic mass is 9.99. The number of morpholine rings is 1. The van der Waals surface area contributed by atoms with Gasteiger partial charge in [-0.15, -0.1) is 0 Å². The zero-order valence-electron chi connectivity index (χ0n) is 11.8. The summed E-state index contributed by atoms with van der Waals surface area (Å²) in [6.07, 6.45) is 1.00. The van der Waals surface area contributed by atoms with Gasteiger partial charge in [-0.2, -0.15) is 0 Å². The molecule has 1 fully saturated rings. The van der Waals surface area contributed by atoms with Crippen molar-refractivity contribution in [2.75, 3.05) is 32.8 Å². The van der Waals surface area contributed by atoms with Crippen LogP contribution in [0, 0.1) is 5.92 Å². The van der Waals surface area contributed by atoms with E-state index in [1.165, 1.54) is 0 Å². The van der Waals surface area contributed by atoms with E-state index in [-0.39, 0.29) is 17.9 Å². The van der Waals surface area contributed by atoms with Gasteiger partial charge in [0, 0.05) is 19.6 Å². The van der Waals surface area contributed by atoms with E-state index in [2.05, 4.69) is 17.1 Å². The summed E-state index contributed by atoms with van der Waals surface area (Å²) in [7, 11) is 0. The molecule has 1 unspecified atom stereocenters. The third-order valence-corrected chi connectivity index (χ3v) is 3.73. The molecule has 1 rings (SSSR count). The maximum atomic E-state index is 11.8. The van der Waals surface area contributed by atoms with Crippen molar-refractivity contribution in [2.45, 2.75) is 39.3 Å². The molecule has 0 bridgehead atoms. The Balaban J connectivity index is 2.29. The molecule has 5 nitrogen and oxygen atoms in total. The third-order valence-electron chi connectivity index (χ3n) is 3.73. The highest BCUT2D eigenvalue weighted by atomic mass is 16.5. The molecular weight excluding hydrogens is 230 g/mol. The van der Waals surface area contributed by atoms with E-state index in [1.807, 2.05) is 13.8 Å². The van der Waals surface area contributed by atoms with E-state index in [0.29, 0.717) is 6.54 Å². The SMILES string of the molecule is CC[C@H](C)[C@H](N)C(=O)NCC1CN(CC)CCO1. The molecule has 3 N–H and O–H groups in total. The molecule has 0 aromatic carbocycles. The predicted molar refractivity (Wildman–Crippen MR) is 72.3 cm³/mol. The smallest absolute Gasteiger partial charge is 0.237 e. The molecule has 1 amide bonds. The van der Waals surface area contributed by atoms with Crippen LogP contribution < -0.4 is 11.1 Å². The van der Waals surface area contributed by atoms with Crippen molar-refractivity contribution in [1.82, 2.24) is 10.2 Å². The average molecular weight is 257 g/mol. The molecule has 5 heteroatoms. The second-order valence-corrected chi connectivity index (χ2v) is 5.04. The van der Waals surface area contributed by atoms with Crippen LogP contribution in [0.4, 0.5) is 0 Å². The lowest BCUT2D eigenvalue weighted by molar-refractivity contribution is -0.124. The monoisotopic (exact) mass is 257 g/mol. The minimum absolute atomic E-state index is 0.0680. The van der Waals surface area contributed by atoms with Gasteiger partial charge in [0.25, 0.3) is 0 Å². The molecule has 3 atom stereocenters. The van der Waals surface area contributed by atoms with Gasteiger partial charge in [-0.05, 0) is 12.5 Å². The first kappa shape index (κ1) is 15.4. The van der Waals surface area contributed by atoms with Gasteiger partial charge in [-0.3, -0.25) is 9.69 Å². The van der Waals surface area contributed by atoms with Crippen LogP contribution in [0.5, 0.6) is 0 Å². The molecule has 0 saturated carbocycles. The normalized spacial score (nSPS) is 24.6. The summed E-state index contributed by atoms with van der Waals surface area (Å²) >= 11 is 0. The summed E-state index contributed by atoms with van der Waals surface area (Å²) in [6.45, 7) is 10.4. The summed E-state index contributed by atoms with van der Waals surface area (Å²) < 4.78 is 5.63. The van der Waals surface area contributed by atoms with E-state index in [4.69, 9.17) is 10.5 Å². The Kier molecular flexibility index (Phi) is 6.60. The zero-order chi connectivity index (χ0) is 13.5. The van der Waals surface area contributed by atoms with Crippen molar-refractivity contribution in [3.63, 3.8) is 0 Å². The van der Waals surface area contributed by atoms with Crippen LogP contribution in [0.3, 0.4) is 0 Å². The molecular formula is C13H27N3O2. The van der Waals surface area contributed by atoms with Crippen LogP contribution in [-0.2, 0) is 9.53 Å². The second-order valence-electron chi connectivity index (χ2n) is 5.04. The number of hydrogen-bond acceptors (Lipinski definition) is 4. The summed E-state index contributed by atoms with van der Waals surface area (Å²) in [5.74, 6) is 0.144. The Morgan fingerprint density at radius 1 is 1.56 bits per heavy atom. The average Bonchev–Trinajstić information content (AvgIpc) is 2.43. The molecule has 0 aliphatic carbocycles. The van der Waals surface area contributed by atoms with Gasteiger partial charge in [-0.1, -0.05) is 27.2 Å². The fourth-order valence-corrected chi connectivity index (χ4v) is 2.04. The van der Waals surface area contributed by atoms with Crippen LogP contribution in [0.1, 0.15) is 27.2 Å². The second kappa shape index (κ2) is 7.71. The van der Waals surface area contributed by atoms with Gasteiger partial charge in [0.2, 0.25) is 5.91 Å². The van der Waals surface area contributed by atoms with Crippen molar-refractivity contribution in [3.05, 3.63) is 0 Å². The quantitative estimate of drug-likeness (QED) is 0.713. The highest BCUT2D eigenvalue weighted by Gasteiger charge is 2.23. The highest BCUT2D eigenvalue weighted by molar-refractivity contribution is 5.81. The van der Waals surface area contributed by atoms with Crippen molar-refractivity contribution in [3.8, 4) is 0 Å². The van der Waals surface area contributed by atoms with Crippen LogP contribution in [0.25, 0.3) is 0 Å². The first-order chi connectivity index (χ1) is 8.58. The minimum Gasteiger partial charge on any atom is -0.374 e. The van der Waals surface area contributed by atoms with E-state index < -0.39 is 6.04 Å². The Morgan fingerprint density at radius 2 is 2.28 bits per heavy atom. The van der Waals surface area contributed by atoms with Crippen molar-refractivity contribution in [1.29, 1.82) is 0 Å². The summed E-state index contributed by atoms with van der Waals surface area (Å²) in [5, 5.41) is 2.90. The first-order valence-corrected chi connectivity index (χ1v) is 6.95. The van der Waals surface area contributed by atoms with E-state index >= 15 is 0 Å². The van der Waals surface area contributed by atoms with Gasteiger partial charge in [0.1, 0.15) is 0 Å². The summed E-state index contributed by atoms with van der Waals surface area (Å²) in [6, 6.07) is -0.416. The van der Waals surface area contributed by atoms with Crippen molar-refractivity contribution in [2.24, 2.45) is 11.7 Å². The molecule has 0 spiro atoms. The molecule has 0 aromatic rings. The number of likely N-dealkylation sites (N-methyl/N-ethyl adjacent to an activating group) is 1. The number of nitrogens with two attached hydrogens (primary N) is 1. The van der Waals surface area contributed by atoms with E-state index in [0.717, 1.165) is 32.7 Å². The van der Waals surface area contributed by atoms with Crippen LogP contribution in [-0.4, -0.2) is 55.7 Å².